The van der Waals surface area contributed by atoms with Crippen LogP contribution in [0, 0.1) is 6.92 Å². The molecule has 0 bridgehead atoms. The average molecular weight is 340 g/mol. The Hall–Kier alpha value is -3.15. The van der Waals surface area contributed by atoms with Crippen molar-refractivity contribution in [1.29, 1.82) is 0 Å². The van der Waals surface area contributed by atoms with Crippen LogP contribution >= 0.6 is 0 Å². The molecule has 6 nitrogen and oxygen atoms in total. The van der Waals surface area contributed by atoms with Crippen molar-refractivity contribution in [2.45, 2.75) is 26.9 Å². The first-order valence-electron chi connectivity index (χ1n) is 7.77. The van der Waals surface area contributed by atoms with E-state index < -0.39 is 17.9 Å². The lowest BCUT2D eigenvalue weighted by molar-refractivity contribution is -0.122. The summed E-state index contributed by atoms with van der Waals surface area (Å²) in [5, 5.41) is 2.72. The Bertz CT molecular complexity index is 830. The Balaban J connectivity index is 2.25. The zero-order valence-corrected chi connectivity index (χ0v) is 14.3. The molecule has 0 aromatic heterocycles. The van der Waals surface area contributed by atoms with Gasteiger partial charge in [-0.2, -0.15) is 0 Å². The second kappa shape index (κ2) is 7.61. The van der Waals surface area contributed by atoms with Crippen molar-refractivity contribution >= 4 is 23.3 Å². The molecule has 25 heavy (non-hydrogen) atoms. The molecule has 0 aliphatic rings. The number of rotatable bonds is 6. The van der Waals surface area contributed by atoms with Crippen LogP contribution in [0.4, 0.5) is 5.69 Å². The summed E-state index contributed by atoms with van der Waals surface area (Å²) in [5.74, 6) is -0.722. The molecule has 1 unspecified atom stereocenters. The normalized spacial score (nSPS) is 11.5. The number of hydrogen-bond donors (Lipinski definition) is 2. The van der Waals surface area contributed by atoms with E-state index >= 15 is 0 Å². The third kappa shape index (κ3) is 4.44. The summed E-state index contributed by atoms with van der Waals surface area (Å²) in [6, 6.07) is 11.5. The minimum absolute atomic E-state index is 0.110. The lowest BCUT2D eigenvalue weighted by Gasteiger charge is -2.14. The Kier molecular flexibility index (Phi) is 5.54. The van der Waals surface area contributed by atoms with Gasteiger partial charge in [0.2, 0.25) is 0 Å². The van der Waals surface area contributed by atoms with Gasteiger partial charge in [0.15, 0.2) is 11.9 Å². The zero-order chi connectivity index (χ0) is 18.6. The molecule has 2 amide bonds. The zero-order valence-electron chi connectivity index (χ0n) is 14.3. The first-order valence-corrected chi connectivity index (χ1v) is 7.77. The smallest absolute Gasteiger partial charge is 0.255 e. The van der Waals surface area contributed by atoms with Crippen molar-refractivity contribution in [3.8, 4) is 5.75 Å². The summed E-state index contributed by atoms with van der Waals surface area (Å²) >= 11 is 0. The predicted octanol–water partition coefficient (Wildman–Crippen LogP) is 2.70. The number of primary amides is 1. The molecule has 2 rings (SSSR count). The van der Waals surface area contributed by atoms with Gasteiger partial charge < -0.3 is 15.8 Å². The largest absolute Gasteiger partial charge is 0.483 e. The van der Waals surface area contributed by atoms with Crippen molar-refractivity contribution in [3.63, 3.8) is 0 Å². The molecule has 1 atom stereocenters. The molecule has 0 heterocycles. The van der Waals surface area contributed by atoms with E-state index in [0.717, 1.165) is 5.56 Å². The number of ether oxygens (including phenoxy) is 1. The third-order valence-electron chi connectivity index (χ3n) is 3.76. The maximum atomic E-state index is 12.5. The number of ketones is 1. The first kappa shape index (κ1) is 18.2. The Morgan fingerprint density at radius 1 is 1.12 bits per heavy atom. The molecule has 0 saturated heterocycles. The lowest BCUT2D eigenvalue weighted by Crippen LogP contribution is -2.21. The van der Waals surface area contributed by atoms with Crippen molar-refractivity contribution < 1.29 is 19.1 Å². The fourth-order valence-electron chi connectivity index (χ4n) is 2.22. The number of amides is 2. The van der Waals surface area contributed by atoms with Crippen LogP contribution in [0.5, 0.6) is 5.75 Å². The molecule has 0 fully saturated rings. The van der Waals surface area contributed by atoms with E-state index in [1.807, 2.05) is 0 Å². The van der Waals surface area contributed by atoms with E-state index in [9.17, 15) is 14.4 Å². The Morgan fingerprint density at radius 2 is 1.80 bits per heavy atom. The summed E-state index contributed by atoms with van der Waals surface area (Å²) in [6.07, 6.45) is -0.601. The monoisotopic (exact) mass is 340 g/mol. The molecular formula is C19H20N2O4. The molecule has 130 valence electrons. The number of aryl methyl sites for hydroxylation is 1. The maximum Gasteiger partial charge on any atom is 0.255 e. The number of nitrogens with one attached hydrogen (secondary N) is 1. The van der Waals surface area contributed by atoms with Crippen molar-refractivity contribution in [2.24, 2.45) is 5.73 Å². The summed E-state index contributed by atoms with van der Waals surface area (Å²) in [4.78, 5) is 35.4. The molecule has 6 heteroatoms. The fraction of sp³-hybridized carbons (Fsp3) is 0.211. The number of carbonyl (C=O) groups excluding carboxylic acids is 3. The highest BCUT2D eigenvalue weighted by molar-refractivity contribution is 6.09. The number of anilines is 1. The molecule has 2 aromatic carbocycles. The van der Waals surface area contributed by atoms with Gasteiger partial charge in [-0.3, -0.25) is 14.4 Å². The highest BCUT2D eigenvalue weighted by atomic mass is 16.5. The minimum atomic E-state index is -0.619. The number of nitrogens with two attached hydrogens (primary N) is 1. The van der Waals surface area contributed by atoms with Crippen LogP contribution in [0.25, 0.3) is 0 Å². The van der Waals surface area contributed by atoms with Crippen LogP contribution in [0.15, 0.2) is 42.5 Å². The molecular weight excluding hydrogens is 320 g/mol. The van der Waals surface area contributed by atoms with E-state index in [1.54, 1.807) is 50.2 Å². The summed E-state index contributed by atoms with van der Waals surface area (Å²) < 4.78 is 5.50. The SMILES string of the molecule is CC(=O)C(C)Oc1cccc(C(=O)Nc2c(C)cccc2C(N)=O)c1. The average Bonchev–Trinajstić information content (AvgIpc) is 2.56. The molecule has 0 aliphatic heterocycles. The fourth-order valence-corrected chi connectivity index (χ4v) is 2.22. The standard InChI is InChI=1S/C19H20N2O4/c1-11-6-4-9-16(18(20)23)17(11)21-19(24)14-7-5-8-15(10-14)25-13(3)12(2)22/h4-10,13H,1-3H3,(H2,20,23)(H,21,24). The third-order valence-corrected chi connectivity index (χ3v) is 3.76. The van der Waals surface area contributed by atoms with Gasteiger partial charge in [0.05, 0.1) is 11.3 Å². The Labute approximate surface area is 146 Å². The topological polar surface area (TPSA) is 98.5 Å². The van der Waals surface area contributed by atoms with Gasteiger partial charge in [0.25, 0.3) is 11.8 Å². The van der Waals surface area contributed by atoms with Crippen LogP contribution in [0.3, 0.4) is 0 Å². The van der Waals surface area contributed by atoms with E-state index in [4.69, 9.17) is 10.5 Å². The molecule has 2 aromatic rings. The van der Waals surface area contributed by atoms with Gasteiger partial charge in [0, 0.05) is 5.56 Å². The number of Topliss-reactive ketones (excluding diaryl/α,β-unsaturated/α-hetero) is 1. The maximum absolute atomic E-state index is 12.5. The van der Waals surface area contributed by atoms with E-state index in [0.29, 0.717) is 17.0 Å². The van der Waals surface area contributed by atoms with Gasteiger partial charge in [0.1, 0.15) is 5.75 Å². The van der Waals surface area contributed by atoms with Gasteiger partial charge in [-0.25, -0.2) is 0 Å². The number of carbonyl (C=O) groups is 3. The van der Waals surface area contributed by atoms with E-state index in [-0.39, 0.29) is 11.3 Å². The van der Waals surface area contributed by atoms with Gasteiger partial charge >= 0.3 is 0 Å². The van der Waals surface area contributed by atoms with E-state index in [1.165, 1.54) is 13.0 Å². The highest BCUT2D eigenvalue weighted by Gasteiger charge is 2.15. The first-order chi connectivity index (χ1) is 11.8. The molecule has 0 aliphatic carbocycles. The number of para-hydroxylation sites is 1. The number of hydrogen-bond acceptors (Lipinski definition) is 4. The van der Waals surface area contributed by atoms with Crippen LogP contribution < -0.4 is 15.8 Å². The summed E-state index contributed by atoms with van der Waals surface area (Å²) in [7, 11) is 0. The molecule has 3 N–H and O–H groups in total. The van der Waals surface area contributed by atoms with Crippen LogP contribution in [-0.4, -0.2) is 23.7 Å². The molecule has 0 saturated carbocycles. The van der Waals surface area contributed by atoms with Crippen molar-refractivity contribution in [3.05, 3.63) is 59.2 Å². The van der Waals surface area contributed by atoms with Crippen LogP contribution in [0.1, 0.15) is 40.1 Å². The van der Waals surface area contributed by atoms with Crippen LogP contribution in [-0.2, 0) is 4.79 Å². The van der Waals surface area contributed by atoms with Crippen molar-refractivity contribution in [1.82, 2.24) is 0 Å². The second-order valence-corrected chi connectivity index (χ2v) is 5.71. The quantitative estimate of drug-likeness (QED) is 0.844. The van der Waals surface area contributed by atoms with Crippen LogP contribution in [0.2, 0.25) is 0 Å². The highest BCUT2D eigenvalue weighted by Crippen LogP contribution is 2.22. The van der Waals surface area contributed by atoms with Gasteiger partial charge in [-0.05, 0) is 50.6 Å². The van der Waals surface area contributed by atoms with Gasteiger partial charge in [-0.15, -0.1) is 0 Å². The molecule has 0 spiro atoms. The summed E-state index contributed by atoms with van der Waals surface area (Å²) in [5.41, 5.74) is 7.05. The predicted molar refractivity (Wildman–Crippen MR) is 94.9 cm³/mol. The number of benzene rings is 2. The van der Waals surface area contributed by atoms with Gasteiger partial charge in [-0.1, -0.05) is 18.2 Å². The lowest BCUT2D eigenvalue weighted by atomic mass is 10.1. The Morgan fingerprint density at radius 3 is 2.44 bits per heavy atom. The minimum Gasteiger partial charge on any atom is -0.483 e. The van der Waals surface area contributed by atoms with E-state index in [2.05, 4.69) is 5.32 Å². The summed E-state index contributed by atoms with van der Waals surface area (Å²) in [6.45, 7) is 4.85. The van der Waals surface area contributed by atoms with Crippen molar-refractivity contribution in [2.75, 3.05) is 5.32 Å². The second-order valence-electron chi connectivity index (χ2n) is 5.71. The molecule has 0 radical (unpaired) electrons.